The fourth-order valence-electron chi connectivity index (χ4n) is 1.10. The molecule has 14 heavy (non-hydrogen) atoms. The number of aromatic nitrogens is 1. The van der Waals surface area contributed by atoms with Crippen molar-refractivity contribution in [2.75, 3.05) is 0 Å². The molecule has 0 fully saturated rings. The van der Waals surface area contributed by atoms with Crippen LogP contribution in [0.25, 0.3) is 0 Å². The first-order valence-electron chi connectivity index (χ1n) is 3.87. The van der Waals surface area contributed by atoms with E-state index in [-0.39, 0.29) is 16.5 Å². The lowest BCUT2D eigenvalue weighted by molar-refractivity contribution is 0.149. The summed E-state index contributed by atoms with van der Waals surface area (Å²) >= 11 is 3.04. The molecule has 0 aliphatic rings. The van der Waals surface area contributed by atoms with Crippen molar-refractivity contribution in [3.63, 3.8) is 0 Å². The highest BCUT2D eigenvalue weighted by atomic mass is 79.9. The third-order valence-electron chi connectivity index (χ3n) is 1.79. The highest BCUT2D eigenvalue weighted by Gasteiger charge is 2.17. The first-order valence-corrected chi connectivity index (χ1v) is 4.66. The van der Waals surface area contributed by atoms with Gasteiger partial charge in [-0.05, 0) is 28.4 Å². The second-order valence-corrected chi connectivity index (χ2v) is 3.54. The fourth-order valence-corrected chi connectivity index (χ4v) is 1.82. The number of pyridine rings is 1. The maximum absolute atomic E-state index is 12.6. The lowest BCUT2D eigenvalue weighted by atomic mass is 10.1. The molecule has 2 nitrogen and oxygen atoms in total. The van der Waals surface area contributed by atoms with Gasteiger partial charge in [-0.25, -0.2) is 8.78 Å². The average Bonchev–Trinajstić information content (AvgIpc) is 2.10. The van der Waals surface area contributed by atoms with E-state index >= 15 is 0 Å². The summed E-state index contributed by atoms with van der Waals surface area (Å²) in [4.78, 5) is 3.91. The van der Waals surface area contributed by atoms with E-state index in [1.807, 2.05) is 6.07 Å². The van der Waals surface area contributed by atoms with Gasteiger partial charge in [0.2, 0.25) is 0 Å². The predicted molar refractivity (Wildman–Crippen MR) is 50.9 cm³/mol. The number of hydrogen-bond acceptors (Lipinski definition) is 2. The monoisotopic (exact) mass is 260 g/mol. The van der Waals surface area contributed by atoms with Crippen LogP contribution in [-0.2, 0) is 6.42 Å². The summed E-state index contributed by atoms with van der Waals surface area (Å²) < 4.78 is 25.4. The summed E-state index contributed by atoms with van der Waals surface area (Å²) in [7, 11) is 0. The van der Waals surface area contributed by atoms with Crippen molar-refractivity contribution in [3.8, 4) is 6.07 Å². The van der Waals surface area contributed by atoms with Crippen LogP contribution < -0.4 is 0 Å². The highest BCUT2D eigenvalue weighted by molar-refractivity contribution is 9.10. The molecule has 0 amide bonds. The summed E-state index contributed by atoms with van der Waals surface area (Å²) in [6.07, 6.45) is -1.16. The van der Waals surface area contributed by atoms with Gasteiger partial charge < -0.3 is 0 Å². The van der Waals surface area contributed by atoms with E-state index in [0.29, 0.717) is 11.3 Å². The van der Waals surface area contributed by atoms with Gasteiger partial charge in [-0.2, -0.15) is 5.26 Å². The van der Waals surface area contributed by atoms with Gasteiger partial charge in [0, 0.05) is 16.2 Å². The minimum absolute atomic E-state index is 0.0284. The quantitative estimate of drug-likeness (QED) is 0.819. The summed E-state index contributed by atoms with van der Waals surface area (Å²) in [5.41, 5.74) is 0.701. The molecule has 0 aliphatic heterocycles. The zero-order chi connectivity index (χ0) is 10.7. The van der Waals surface area contributed by atoms with Gasteiger partial charge in [0.05, 0.1) is 18.2 Å². The maximum Gasteiger partial charge on any atom is 0.265 e. The third-order valence-corrected chi connectivity index (χ3v) is 2.68. The maximum atomic E-state index is 12.6. The van der Waals surface area contributed by atoms with Crippen LogP contribution in [0, 0.1) is 18.3 Å². The van der Waals surface area contributed by atoms with Crippen molar-refractivity contribution in [1.82, 2.24) is 4.98 Å². The largest absolute Gasteiger partial charge is 0.265 e. The standard InChI is InChI=1S/C9H7BrF2N2/c1-5-4-14-6(2-3-13)8(10)7(5)9(11)12/h4,9H,2H2,1H3. The normalized spacial score (nSPS) is 10.3. The Bertz CT molecular complexity index is 385. The highest BCUT2D eigenvalue weighted by Crippen LogP contribution is 2.31. The zero-order valence-electron chi connectivity index (χ0n) is 7.39. The Hall–Kier alpha value is -1.02. The molecule has 1 rings (SSSR count). The van der Waals surface area contributed by atoms with Gasteiger partial charge in [0.1, 0.15) is 0 Å². The second kappa shape index (κ2) is 4.47. The number of nitriles is 1. The molecule has 0 saturated heterocycles. The van der Waals surface area contributed by atoms with Crippen LogP contribution in [-0.4, -0.2) is 4.98 Å². The molecule has 0 spiro atoms. The molecule has 74 valence electrons. The molecule has 5 heteroatoms. The van der Waals surface area contributed by atoms with Crippen LogP contribution in [0.4, 0.5) is 8.78 Å². The molecule has 0 atom stereocenters. The van der Waals surface area contributed by atoms with Crippen LogP contribution >= 0.6 is 15.9 Å². The summed E-state index contributed by atoms with van der Waals surface area (Å²) in [6, 6.07) is 1.87. The molecule has 0 N–H and O–H groups in total. The third kappa shape index (κ3) is 2.07. The zero-order valence-corrected chi connectivity index (χ0v) is 8.98. The number of aryl methyl sites for hydroxylation is 1. The molecule has 0 unspecified atom stereocenters. The van der Waals surface area contributed by atoms with E-state index in [1.165, 1.54) is 6.20 Å². The first kappa shape index (κ1) is 11.1. The van der Waals surface area contributed by atoms with Crippen LogP contribution in [0.15, 0.2) is 10.7 Å². The van der Waals surface area contributed by atoms with Gasteiger partial charge in [-0.3, -0.25) is 4.98 Å². The summed E-state index contributed by atoms with van der Waals surface area (Å²) in [5.74, 6) is 0. The number of hydrogen-bond donors (Lipinski definition) is 0. The lowest BCUT2D eigenvalue weighted by Crippen LogP contribution is -1.99. The molecule has 0 bridgehead atoms. The van der Waals surface area contributed by atoms with Crippen molar-refractivity contribution in [2.24, 2.45) is 0 Å². The van der Waals surface area contributed by atoms with E-state index in [9.17, 15) is 8.78 Å². The van der Waals surface area contributed by atoms with Crippen molar-refractivity contribution >= 4 is 15.9 Å². The van der Waals surface area contributed by atoms with E-state index in [2.05, 4.69) is 20.9 Å². The van der Waals surface area contributed by atoms with E-state index < -0.39 is 6.43 Å². The van der Waals surface area contributed by atoms with Crippen LogP contribution in [0.5, 0.6) is 0 Å². The van der Waals surface area contributed by atoms with Crippen molar-refractivity contribution < 1.29 is 8.78 Å². The van der Waals surface area contributed by atoms with Crippen molar-refractivity contribution in [3.05, 3.63) is 27.5 Å². The average molecular weight is 261 g/mol. The molecule has 1 aromatic heterocycles. The lowest BCUT2D eigenvalue weighted by Gasteiger charge is -2.09. The SMILES string of the molecule is Cc1cnc(CC#N)c(Br)c1C(F)F. The van der Waals surface area contributed by atoms with Crippen LogP contribution in [0.1, 0.15) is 23.2 Å². The number of alkyl halides is 2. The van der Waals surface area contributed by atoms with Gasteiger partial charge >= 0.3 is 0 Å². The van der Waals surface area contributed by atoms with Crippen molar-refractivity contribution in [2.45, 2.75) is 19.8 Å². The summed E-state index contributed by atoms with van der Waals surface area (Å²) in [5, 5.41) is 8.44. The van der Waals surface area contributed by atoms with Crippen LogP contribution in [0.2, 0.25) is 0 Å². The Morgan fingerprint density at radius 1 is 1.64 bits per heavy atom. The minimum atomic E-state index is -2.55. The van der Waals surface area contributed by atoms with E-state index in [0.717, 1.165) is 0 Å². The van der Waals surface area contributed by atoms with Gasteiger partial charge in [-0.1, -0.05) is 0 Å². The molecule has 0 aliphatic carbocycles. The molecule has 0 saturated carbocycles. The van der Waals surface area contributed by atoms with Gasteiger partial charge in [0.25, 0.3) is 6.43 Å². The molecule has 0 aromatic carbocycles. The Kier molecular flexibility index (Phi) is 3.53. The fraction of sp³-hybridized carbons (Fsp3) is 0.333. The molecule has 0 radical (unpaired) electrons. The second-order valence-electron chi connectivity index (χ2n) is 2.75. The molecular formula is C9H7BrF2N2. The molecule has 1 aromatic rings. The van der Waals surface area contributed by atoms with Gasteiger partial charge in [0.15, 0.2) is 0 Å². The number of halogens is 3. The van der Waals surface area contributed by atoms with E-state index in [4.69, 9.17) is 5.26 Å². The molecule has 1 heterocycles. The smallest absolute Gasteiger partial charge is 0.259 e. The summed E-state index contributed by atoms with van der Waals surface area (Å²) in [6.45, 7) is 1.56. The van der Waals surface area contributed by atoms with Crippen molar-refractivity contribution in [1.29, 1.82) is 5.26 Å². The topological polar surface area (TPSA) is 36.7 Å². The Balaban J connectivity index is 3.28. The number of rotatable bonds is 2. The Morgan fingerprint density at radius 3 is 2.79 bits per heavy atom. The minimum Gasteiger partial charge on any atom is -0.259 e. The Labute approximate surface area is 88.7 Å². The Morgan fingerprint density at radius 2 is 2.29 bits per heavy atom. The van der Waals surface area contributed by atoms with Crippen LogP contribution in [0.3, 0.4) is 0 Å². The first-order chi connectivity index (χ1) is 6.57. The van der Waals surface area contributed by atoms with Gasteiger partial charge in [-0.15, -0.1) is 0 Å². The number of nitrogens with zero attached hydrogens (tertiary/aromatic N) is 2. The van der Waals surface area contributed by atoms with E-state index in [1.54, 1.807) is 6.92 Å². The predicted octanol–water partition coefficient (Wildman–Crippen LogP) is 3.16. The molecular weight excluding hydrogens is 254 g/mol.